The van der Waals surface area contributed by atoms with Crippen molar-refractivity contribution in [1.29, 1.82) is 0 Å². The first-order valence-electron chi connectivity index (χ1n) is 5.70. The highest BCUT2D eigenvalue weighted by atomic mass is 32.2. The number of benzene rings is 1. The Kier molecular flexibility index (Phi) is 5.05. The summed E-state index contributed by atoms with van der Waals surface area (Å²) in [6, 6.07) is 6.17. The molecule has 0 saturated carbocycles. The highest BCUT2D eigenvalue weighted by Gasteiger charge is 2.14. The molecule has 2 amide bonds. The number of hydrogen-bond acceptors (Lipinski definition) is 4. The molecule has 0 saturated heterocycles. The maximum absolute atomic E-state index is 11.5. The molecule has 19 heavy (non-hydrogen) atoms. The summed E-state index contributed by atoms with van der Waals surface area (Å²) in [6.07, 6.45) is 0. The molecule has 6 nitrogen and oxygen atoms in total. The van der Waals surface area contributed by atoms with Crippen LogP contribution < -0.4 is 10.6 Å². The first kappa shape index (κ1) is 15.2. The van der Waals surface area contributed by atoms with E-state index in [1.165, 1.54) is 14.0 Å². The monoisotopic (exact) mass is 284 g/mol. The highest BCUT2D eigenvalue weighted by Crippen LogP contribution is 2.09. The van der Waals surface area contributed by atoms with E-state index in [0.717, 1.165) is 0 Å². The van der Waals surface area contributed by atoms with Gasteiger partial charge in [0.15, 0.2) is 9.84 Å². The smallest absolute Gasteiger partial charge is 0.251 e. The van der Waals surface area contributed by atoms with Crippen molar-refractivity contribution < 1.29 is 18.0 Å². The molecule has 1 rings (SSSR count). The molecular weight excluding hydrogens is 268 g/mol. The largest absolute Gasteiger partial charge is 0.355 e. The summed E-state index contributed by atoms with van der Waals surface area (Å²) in [5.41, 5.74) is 0.908. The van der Waals surface area contributed by atoms with Gasteiger partial charge in [-0.3, -0.25) is 9.59 Å². The minimum absolute atomic E-state index is 0.0734. The molecule has 1 aromatic rings. The van der Waals surface area contributed by atoms with E-state index in [1.54, 1.807) is 24.3 Å². The van der Waals surface area contributed by atoms with Crippen LogP contribution in [0.25, 0.3) is 0 Å². The first-order chi connectivity index (χ1) is 8.88. The van der Waals surface area contributed by atoms with Crippen LogP contribution in [0.3, 0.4) is 0 Å². The summed E-state index contributed by atoms with van der Waals surface area (Å²) >= 11 is 0. The number of anilines is 1. The zero-order chi connectivity index (χ0) is 14.5. The van der Waals surface area contributed by atoms with Gasteiger partial charge in [-0.2, -0.15) is 0 Å². The number of rotatable bonds is 5. The Morgan fingerprint density at radius 3 is 2.21 bits per heavy atom. The van der Waals surface area contributed by atoms with E-state index in [-0.39, 0.29) is 11.7 Å². The number of carbonyl (C=O) groups excluding carboxylic acids is 2. The lowest BCUT2D eigenvalue weighted by Crippen LogP contribution is -2.24. The average molecular weight is 284 g/mol. The van der Waals surface area contributed by atoms with Crippen LogP contribution in [0.15, 0.2) is 24.3 Å². The minimum atomic E-state index is -3.34. The average Bonchev–Trinajstić information content (AvgIpc) is 2.38. The van der Waals surface area contributed by atoms with E-state index in [9.17, 15) is 18.0 Å². The fourth-order valence-corrected chi connectivity index (χ4v) is 2.02. The zero-order valence-electron chi connectivity index (χ0n) is 10.8. The van der Waals surface area contributed by atoms with Crippen molar-refractivity contribution in [3.8, 4) is 0 Å². The molecule has 1 aromatic carbocycles. The predicted molar refractivity (Wildman–Crippen MR) is 72.8 cm³/mol. The molecule has 0 aromatic heterocycles. The van der Waals surface area contributed by atoms with Crippen molar-refractivity contribution in [2.45, 2.75) is 6.92 Å². The molecule has 0 heterocycles. The van der Waals surface area contributed by atoms with Gasteiger partial charge in [-0.1, -0.05) is 6.92 Å². The zero-order valence-corrected chi connectivity index (χ0v) is 11.6. The van der Waals surface area contributed by atoms with Gasteiger partial charge in [-0.15, -0.1) is 0 Å². The van der Waals surface area contributed by atoms with Crippen molar-refractivity contribution in [2.24, 2.45) is 0 Å². The van der Waals surface area contributed by atoms with Crippen LogP contribution in [0.5, 0.6) is 0 Å². The molecule has 0 bridgehead atoms. The topological polar surface area (TPSA) is 92.3 Å². The second kappa shape index (κ2) is 6.33. The Bertz CT molecular complexity index is 564. The van der Waals surface area contributed by atoms with E-state index in [0.29, 0.717) is 11.3 Å². The standard InChI is InChI=1S/C12H16N2O4S/c1-3-19(17,18)8-11(15)14-10-6-4-9(5-7-10)12(16)13-2/h4-7H,3,8H2,1-2H3,(H,13,16)(H,14,15). The van der Waals surface area contributed by atoms with Crippen LogP contribution in [0.4, 0.5) is 5.69 Å². The van der Waals surface area contributed by atoms with Crippen molar-refractivity contribution in [2.75, 3.05) is 23.9 Å². The van der Waals surface area contributed by atoms with Crippen LogP contribution >= 0.6 is 0 Å². The Hall–Kier alpha value is -1.89. The van der Waals surface area contributed by atoms with Crippen LogP contribution in [0.1, 0.15) is 17.3 Å². The van der Waals surface area contributed by atoms with E-state index in [2.05, 4.69) is 10.6 Å². The number of amides is 2. The third kappa shape index (κ3) is 4.70. The third-order valence-electron chi connectivity index (χ3n) is 2.45. The SMILES string of the molecule is CCS(=O)(=O)CC(=O)Nc1ccc(C(=O)NC)cc1. The van der Waals surface area contributed by atoms with Gasteiger partial charge in [0.2, 0.25) is 5.91 Å². The number of nitrogens with one attached hydrogen (secondary N) is 2. The molecule has 7 heteroatoms. The van der Waals surface area contributed by atoms with Crippen molar-refractivity contribution in [1.82, 2.24) is 5.32 Å². The van der Waals surface area contributed by atoms with E-state index < -0.39 is 21.5 Å². The fourth-order valence-electron chi connectivity index (χ4n) is 1.35. The molecular formula is C12H16N2O4S. The summed E-state index contributed by atoms with van der Waals surface area (Å²) < 4.78 is 22.5. The predicted octanol–water partition coefficient (Wildman–Crippen LogP) is 0.419. The van der Waals surface area contributed by atoms with E-state index in [4.69, 9.17) is 0 Å². The van der Waals surface area contributed by atoms with Gasteiger partial charge >= 0.3 is 0 Å². The lowest BCUT2D eigenvalue weighted by atomic mass is 10.2. The molecule has 0 aliphatic rings. The van der Waals surface area contributed by atoms with Gasteiger partial charge in [0.25, 0.3) is 5.91 Å². The van der Waals surface area contributed by atoms with E-state index >= 15 is 0 Å². The van der Waals surface area contributed by atoms with Gasteiger partial charge in [-0.05, 0) is 24.3 Å². The molecule has 0 fully saturated rings. The van der Waals surface area contributed by atoms with Crippen LogP contribution in [-0.2, 0) is 14.6 Å². The number of hydrogen-bond donors (Lipinski definition) is 2. The van der Waals surface area contributed by atoms with Crippen LogP contribution in [-0.4, -0.2) is 38.8 Å². The lowest BCUT2D eigenvalue weighted by Gasteiger charge is -2.06. The molecule has 104 valence electrons. The Labute approximate surface area is 112 Å². The summed E-state index contributed by atoms with van der Waals surface area (Å²) in [5, 5.41) is 4.94. The Morgan fingerprint density at radius 2 is 1.74 bits per heavy atom. The van der Waals surface area contributed by atoms with Crippen molar-refractivity contribution in [3.05, 3.63) is 29.8 Å². The molecule has 0 aliphatic heterocycles. The van der Waals surface area contributed by atoms with Crippen molar-refractivity contribution in [3.63, 3.8) is 0 Å². The van der Waals surface area contributed by atoms with Gasteiger partial charge in [0.05, 0.1) is 0 Å². The third-order valence-corrected chi connectivity index (χ3v) is 4.03. The fraction of sp³-hybridized carbons (Fsp3) is 0.333. The minimum Gasteiger partial charge on any atom is -0.355 e. The van der Waals surface area contributed by atoms with Gasteiger partial charge in [-0.25, -0.2) is 8.42 Å². The second-order valence-electron chi connectivity index (χ2n) is 3.88. The normalized spacial score (nSPS) is 10.8. The van der Waals surface area contributed by atoms with Crippen molar-refractivity contribution >= 4 is 27.3 Å². The number of sulfone groups is 1. The molecule has 0 unspecified atom stereocenters. The number of carbonyl (C=O) groups is 2. The quantitative estimate of drug-likeness (QED) is 0.819. The summed E-state index contributed by atoms with van der Waals surface area (Å²) in [4.78, 5) is 22.8. The lowest BCUT2D eigenvalue weighted by molar-refractivity contribution is -0.113. The van der Waals surface area contributed by atoms with Gasteiger partial charge in [0.1, 0.15) is 5.75 Å². The summed E-state index contributed by atoms with van der Waals surface area (Å²) in [7, 11) is -1.82. The molecule has 0 aliphatic carbocycles. The second-order valence-corrected chi connectivity index (χ2v) is 6.23. The molecule has 0 atom stereocenters. The molecule has 2 N–H and O–H groups in total. The molecule has 0 spiro atoms. The van der Waals surface area contributed by atoms with Gasteiger partial charge < -0.3 is 10.6 Å². The maximum Gasteiger partial charge on any atom is 0.251 e. The van der Waals surface area contributed by atoms with Crippen LogP contribution in [0.2, 0.25) is 0 Å². The molecule has 0 radical (unpaired) electrons. The van der Waals surface area contributed by atoms with Gasteiger partial charge in [0, 0.05) is 24.1 Å². The van der Waals surface area contributed by atoms with Crippen LogP contribution in [0, 0.1) is 0 Å². The van der Waals surface area contributed by atoms with E-state index in [1.807, 2.05) is 0 Å². The summed E-state index contributed by atoms with van der Waals surface area (Å²) in [5.74, 6) is -1.43. The summed E-state index contributed by atoms with van der Waals surface area (Å²) in [6.45, 7) is 1.49. The first-order valence-corrected chi connectivity index (χ1v) is 7.52. The maximum atomic E-state index is 11.5. The highest BCUT2D eigenvalue weighted by molar-refractivity contribution is 7.92. The Balaban J connectivity index is 2.68. The Morgan fingerprint density at radius 1 is 1.16 bits per heavy atom.